The maximum Gasteiger partial charge on any atom is 0.338 e. The Morgan fingerprint density at radius 3 is 2.04 bits per heavy atom. The molecule has 2 aromatic carbocycles. The first-order chi connectivity index (χ1) is 11.8. The van der Waals surface area contributed by atoms with E-state index in [0.717, 1.165) is 11.1 Å². The molecule has 0 fully saturated rings. The number of rotatable bonds is 5. The lowest BCUT2D eigenvalue weighted by atomic mass is 10.1. The van der Waals surface area contributed by atoms with E-state index in [1.54, 1.807) is 12.1 Å². The monoisotopic (exact) mass is 340 g/mol. The van der Waals surface area contributed by atoms with Crippen molar-refractivity contribution in [2.75, 3.05) is 17.2 Å². The molecule has 6 heteroatoms. The van der Waals surface area contributed by atoms with Crippen LogP contribution in [0.25, 0.3) is 0 Å². The van der Waals surface area contributed by atoms with Gasteiger partial charge in [-0.1, -0.05) is 6.07 Å². The number of carbonyl (C=O) groups is 3. The Balaban J connectivity index is 1.88. The molecule has 0 spiro atoms. The van der Waals surface area contributed by atoms with E-state index in [2.05, 4.69) is 10.6 Å². The molecule has 2 aromatic rings. The largest absolute Gasteiger partial charge is 0.452 e. The maximum absolute atomic E-state index is 12.0. The maximum atomic E-state index is 12.0. The van der Waals surface area contributed by atoms with E-state index in [-0.39, 0.29) is 12.5 Å². The molecular formula is C19H20N2O4. The number of aryl methyl sites for hydroxylation is 2. The number of hydrogen-bond donors (Lipinski definition) is 2. The van der Waals surface area contributed by atoms with Crippen LogP contribution in [0.5, 0.6) is 0 Å². The second kappa shape index (κ2) is 8.10. The summed E-state index contributed by atoms with van der Waals surface area (Å²) in [6, 6.07) is 11.9. The molecule has 0 aromatic heterocycles. The molecule has 0 aliphatic carbocycles. The zero-order valence-electron chi connectivity index (χ0n) is 14.4. The summed E-state index contributed by atoms with van der Waals surface area (Å²) in [5.74, 6) is -1.21. The molecule has 2 rings (SSSR count). The van der Waals surface area contributed by atoms with Crippen molar-refractivity contribution in [3.63, 3.8) is 0 Å². The number of carbonyl (C=O) groups excluding carboxylic acids is 3. The van der Waals surface area contributed by atoms with Gasteiger partial charge in [-0.3, -0.25) is 9.59 Å². The van der Waals surface area contributed by atoms with E-state index >= 15 is 0 Å². The molecule has 25 heavy (non-hydrogen) atoms. The quantitative estimate of drug-likeness (QED) is 0.819. The average molecular weight is 340 g/mol. The molecule has 0 aliphatic rings. The van der Waals surface area contributed by atoms with Crippen LogP contribution in [0.4, 0.5) is 11.4 Å². The van der Waals surface area contributed by atoms with Crippen molar-refractivity contribution in [1.29, 1.82) is 0 Å². The number of nitrogens with one attached hydrogen (secondary N) is 2. The van der Waals surface area contributed by atoms with Crippen molar-refractivity contribution in [3.8, 4) is 0 Å². The molecule has 0 atom stereocenters. The van der Waals surface area contributed by atoms with Crippen molar-refractivity contribution < 1.29 is 19.1 Å². The average Bonchev–Trinajstić information content (AvgIpc) is 2.51. The molecule has 2 amide bonds. The van der Waals surface area contributed by atoms with Gasteiger partial charge in [0.05, 0.1) is 5.56 Å². The summed E-state index contributed by atoms with van der Waals surface area (Å²) in [6.07, 6.45) is 0. The number of amides is 2. The van der Waals surface area contributed by atoms with Gasteiger partial charge in [-0.25, -0.2) is 4.79 Å². The Hall–Kier alpha value is -3.15. The summed E-state index contributed by atoms with van der Waals surface area (Å²) >= 11 is 0. The Labute approximate surface area is 146 Å². The van der Waals surface area contributed by atoms with Crippen LogP contribution in [0.2, 0.25) is 0 Å². The highest BCUT2D eigenvalue weighted by Gasteiger charge is 2.11. The fraction of sp³-hybridized carbons (Fsp3) is 0.211. The molecule has 0 saturated heterocycles. The second-order valence-corrected chi connectivity index (χ2v) is 5.76. The van der Waals surface area contributed by atoms with E-state index in [1.165, 1.54) is 19.1 Å². The molecular weight excluding hydrogens is 320 g/mol. The summed E-state index contributed by atoms with van der Waals surface area (Å²) in [5, 5.41) is 5.30. The van der Waals surface area contributed by atoms with Gasteiger partial charge in [-0.2, -0.15) is 0 Å². The number of anilines is 2. The molecule has 130 valence electrons. The van der Waals surface area contributed by atoms with E-state index < -0.39 is 11.9 Å². The third kappa shape index (κ3) is 5.76. The normalized spacial score (nSPS) is 10.0. The van der Waals surface area contributed by atoms with E-state index in [1.807, 2.05) is 32.0 Å². The summed E-state index contributed by atoms with van der Waals surface area (Å²) in [7, 11) is 0. The van der Waals surface area contributed by atoms with Crippen LogP contribution in [0.1, 0.15) is 28.4 Å². The number of benzene rings is 2. The minimum atomic E-state index is -0.607. The third-order valence-electron chi connectivity index (χ3n) is 3.28. The van der Waals surface area contributed by atoms with E-state index in [9.17, 15) is 14.4 Å². The SMILES string of the molecule is CC(=O)Nc1ccc(C(=O)OCC(=O)Nc2cc(C)cc(C)c2)cc1. The summed E-state index contributed by atoms with van der Waals surface area (Å²) in [6.45, 7) is 4.90. The first-order valence-electron chi connectivity index (χ1n) is 7.76. The predicted octanol–water partition coefficient (Wildman–Crippen LogP) is 3.06. The molecule has 0 saturated carbocycles. The van der Waals surface area contributed by atoms with Crippen molar-refractivity contribution in [2.24, 2.45) is 0 Å². The van der Waals surface area contributed by atoms with Crippen LogP contribution in [-0.2, 0) is 14.3 Å². The van der Waals surface area contributed by atoms with Crippen LogP contribution in [0.15, 0.2) is 42.5 Å². The highest BCUT2D eigenvalue weighted by molar-refractivity contribution is 5.96. The van der Waals surface area contributed by atoms with Crippen LogP contribution >= 0.6 is 0 Å². The molecule has 0 radical (unpaired) electrons. The van der Waals surface area contributed by atoms with E-state index in [4.69, 9.17) is 4.74 Å². The lowest BCUT2D eigenvalue weighted by Crippen LogP contribution is -2.21. The van der Waals surface area contributed by atoms with E-state index in [0.29, 0.717) is 16.9 Å². The van der Waals surface area contributed by atoms with Gasteiger partial charge < -0.3 is 15.4 Å². The Morgan fingerprint density at radius 1 is 0.880 bits per heavy atom. The lowest BCUT2D eigenvalue weighted by molar-refractivity contribution is -0.119. The van der Waals surface area contributed by atoms with Gasteiger partial charge in [-0.05, 0) is 61.4 Å². The van der Waals surface area contributed by atoms with Crippen molar-refractivity contribution in [3.05, 3.63) is 59.2 Å². The fourth-order valence-corrected chi connectivity index (χ4v) is 2.35. The first kappa shape index (κ1) is 18.2. The molecule has 0 aliphatic heterocycles. The van der Waals surface area contributed by atoms with Crippen LogP contribution in [-0.4, -0.2) is 24.4 Å². The Morgan fingerprint density at radius 2 is 1.48 bits per heavy atom. The zero-order chi connectivity index (χ0) is 18.4. The second-order valence-electron chi connectivity index (χ2n) is 5.76. The predicted molar refractivity (Wildman–Crippen MR) is 95.6 cm³/mol. The molecule has 6 nitrogen and oxygen atoms in total. The van der Waals surface area contributed by atoms with Gasteiger partial charge in [0.25, 0.3) is 5.91 Å². The third-order valence-corrected chi connectivity index (χ3v) is 3.28. The summed E-state index contributed by atoms with van der Waals surface area (Å²) in [4.78, 5) is 34.8. The Kier molecular flexibility index (Phi) is 5.89. The lowest BCUT2D eigenvalue weighted by Gasteiger charge is -2.09. The van der Waals surface area contributed by atoms with Crippen molar-refractivity contribution in [2.45, 2.75) is 20.8 Å². The highest BCUT2D eigenvalue weighted by atomic mass is 16.5. The fourth-order valence-electron chi connectivity index (χ4n) is 2.35. The zero-order valence-corrected chi connectivity index (χ0v) is 14.4. The van der Waals surface area contributed by atoms with Crippen molar-refractivity contribution >= 4 is 29.2 Å². The molecule has 2 N–H and O–H groups in total. The number of esters is 1. The van der Waals surface area contributed by atoms with Crippen molar-refractivity contribution in [1.82, 2.24) is 0 Å². The van der Waals surface area contributed by atoms with Gasteiger partial charge >= 0.3 is 5.97 Å². The number of ether oxygens (including phenoxy) is 1. The smallest absolute Gasteiger partial charge is 0.338 e. The Bertz CT molecular complexity index is 777. The number of hydrogen-bond acceptors (Lipinski definition) is 4. The minimum Gasteiger partial charge on any atom is -0.452 e. The summed E-state index contributed by atoms with van der Waals surface area (Å²) in [5.41, 5.74) is 3.61. The molecule has 0 heterocycles. The first-order valence-corrected chi connectivity index (χ1v) is 7.76. The molecule has 0 unspecified atom stereocenters. The summed E-state index contributed by atoms with van der Waals surface area (Å²) < 4.78 is 5.01. The van der Waals surface area contributed by atoms with Crippen LogP contribution < -0.4 is 10.6 Å². The standard InChI is InChI=1S/C19H20N2O4/c1-12-8-13(2)10-17(9-12)21-18(23)11-25-19(24)15-4-6-16(7-5-15)20-14(3)22/h4-10H,11H2,1-3H3,(H,20,22)(H,21,23). The van der Waals surface area contributed by atoms with Gasteiger partial charge in [0.1, 0.15) is 0 Å². The molecule has 0 bridgehead atoms. The van der Waals surface area contributed by atoms with Crippen LogP contribution in [0, 0.1) is 13.8 Å². The highest BCUT2D eigenvalue weighted by Crippen LogP contribution is 2.14. The van der Waals surface area contributed by atoms with Gasteiger partial charge in [0.15, 0.2) is 6.61 Å². The van der Waals surface area contributed by atoms with Crippen LogP contribution in [0.3, 0.4) is 0 Å². The van der Waals surface area contributed by atoms with Gasteiger partial charge in [0.2, 0.25) is 5.91 Å². The minimum absolute atomic E-state index is 0.196. The van der Waals surface area contributed by atoms with Gasteiger partial charge in [-0.15, -0.1) is 0 Å². The van der Waals surface area contributed by atoms with Gasteiger partial charge in [0, 0.05) is 18.3 Å². The topological polar surface area (TPSA) is 84.5 Å².